The van der Waals surface area contributed by atoms with Gasteiger partial charge in [-0.25, -0.2) is 4.79 Å². The van der Waals surface area contributed by atoms with Gasteiger partial charge >= 0.3 is 6.03 Å². The Morgan fingerprint density at radius 3 is 2.73 bits per heavy atom. The maximum absolute atomic E-state index is 11.9. The summed E-state index contributed by atoms with van der Waals surface area (Å²) in [7, 11) is 3.39. The van der Waals surface area contributed by atoms with E-state index in [1.807, 2.05) is 38.1 Å². The first-order valence-corrected chi connectivity index (χ1v) is 7.38. The molecule has 1 N–H and O–H groups in total. The molecule has 1 heterocycles. The number of hydrogen-bond donors (Lipinski definition) is 1. The van der Waals surface area contributed by atoms with Gasteiger partial charge in [-0.2, -0.15) is 0 Å². The summed E-state index contributed by atoms with van der Waals surface area (Å²) in [6.07, 6.45) is 0.575. The van der Waals surface area contributed by atoms with E-state index in [0.717, 1.165) is 17.0 Å². The van der Waals surface area contributed by atoms with Gasteiger partial charge in [-0.1, -0.05) is 5.16 Å². The summed E-state index contributed by atoms with van der Waals surface area (Å²) in [4.78, 5) is 18.9. The number of oxime groups is 1. The van der Waals surface area contributed by atoms with E-state index in [1.54, 1.807) is 19.1 Å². The van der Waals surface area contributed by atoms with Crippen molar-refractivity contribution in [2.45, 2.75) is 32.4 Å². The summed E-state index contributed by atoms with van der Waals surface area (Å²) in [5, 5.41) is 6.99. The van der Waals surface area contributed by atoms with Crippen LogP contribution in [0.3, 0.4) is 0 Å². The van der Waals surface area contributed by atoms with Gasteiger partial charge in [0, 0.05) is 19.5 Å². The minimum atomic E-state index is -0.111. The molecule has 22 heavy (non-hydrogen) atoms. The fourth-order valence-electron chi connectivity index (χ4n) is 2.23. The molecule has 0 saturated heterocycles. The minimum absolute atomic E-state index is 0.100. The van der Waals surface area contributed by atoms with Crippen LogP contribution in [0, 0.1) is 0 Å². The Bertz CT molecular complexity index is 540. The zero-order chi connectivity index (χ0) is 16.1. The van der Waals surface area contributed by atoms with E-state index in [0.29, 0.717) is 13.0 Å². The van der Waals surface area contributed by atoms with Crippen molar-refractivity contribution >= 4 is 11.7 Å². The Hall–Kier alpha value is -2.24. The van der Waals surface area contributed by atoms with Crippen LogP contribution in [0.2, 0.25) is 0 Å². The molecule has 1 atom stereocenters. The minimum Gasteiger partial charge on any atom is -0.497 e. The molecule has 6 nitrogen and oxygen atoms in total. The van der Waals surface area contributed by atoms with Crippen LogP contribution < -0.4 is 10.1 Å². The second-order valence-electron chi connectivity index (χ2n) is 5.68. The van der Waals surface area contributed by atoms with Gasteiger partial charge in [-0.05, 0) is 43.7 Å². The molecular weight excluding hydrogens is 282 g/mol. The Kier molecular flexibility index (Phi) is 5.25. The third kappa shape index (κ3) is 4.13. The quantitative estimate of drug-likeness (QED) is 0.907. The zero-order valence-electron chi connectivity index (χ0n) is 13.5. The molecule has 1 aliphatic rings. The second kappa shape index (κ2) is 7.15. The number of methoxy groups -OCH3 is 1. The predicted octanol–water partition coefficient (Wildman–Crippen LogP) is 2.24. The van der Waals surface area contributed by atoms with Crippen molar-refractivity contribution in [3.8, 4) is 5.75 Å². The number of carbonyl (C=O) groups excluding carboxylic acids is 1. The van der Waals surface area contributed by atoms with Gasteiger partial charge in [0.25, 0.3) is 0 Å². The monoisotopic (exact) mass is 305 g/mol. The van der Waals surface area contributed by atoms with Gasteiger partial charge in [-0.15, -0.1) is 0 Å². The van der Waals surface area contributed by atoms with E-state index in [2.05, 4.69) is 10.5 Å². The fraction of sp³-hybridized carbons (Fsp3) is 0.500. The van der Waals surface area contributed by atoms with Gasteiger partial charge in [0.05, 0.1) is 19.4 Å². The van der Waals surface area contributed by atoms with E-state index in [-0.39, 0.29) is 18.2 Å². The molecule has 2 rings (SSSR count). The first kappa shape index (κ1) is 16.1. The van der Waals surface area contributed by atoms with Gasteiger partial charge in [0.2, 0.25) is 0 Å². The molecule has 2 amide bonds. The van der Waals surface area contributed by atoms with E-state index in [1.165, 1.54) is 0 Å². The van der Waals surface area contributed by atoms with E-state index in [4.69, 9.17) is 9.57 Å². The topological polar surface area (TPSA) is 63.2 Å². The first-order chi connectivity index (χ1) is 10.5. The summed E-state index contributed by atoms with van der Waals surface area (Å²) in [6.45, 7) is 4.37. The van der Waals surface area contributed by atoms with Crippen molar-refractivity contribution in [1.82, 2.24) is 10.2 Å². The van der Waals surface area contributed by atoms with Crippen LogP contribution in [0.4, 0.5) is 4.79 Å². The molecule has 0 unspecified atom stereocenters. The summed E-state index contributed by atoms with van der Waals surface area (Å²) in [5.74, 6) is 0.810. The lowest BCUT2D eigenvalue weighted by molar-refractivity contribution is 0.0655. The number of likely N-dealkylation sites (N-methyl/N-ethyl adjacent to an activating group) is 1. The third-order valence-corrected chi connectivity index (χ3v) is 3.39. The lowest BCUT2D eigenvalue weighted by Crippen LogP contribution is -2.43. The molecule has 0 saturated carbocycles. The lowest BCUT2D eigenvalue weighted by atomic mass is 10.0. The van der Waals surface area contributed by atoms with Gasteiger partial charge in [0.15, 0.2) is 6.10 Å². The van der Waals surface area contributed by atoms with E-state index < -0.39 is 0 Å². The SMILES string of the molecule is COc1ccc(C2=NO[C@@H](CN(C)C(=O)NC(C)C)C2)cc1. The standard InChI is InChI=1S/C16H23N3O3/c1-11(2)17-16(20)19(3)10-14-9-15(18-22-14)12-5-7-13(21-4)8-6-12/h5-8,11,14H,9-10H2,1-4H3,(H,17,20)/t14-/m1/s1. The molecular formula is C16H23N3O3. The normalized spacial score (nSPS) is 17.0. The van der Waals surface area contributed by atoms with E-state index >= 15 is 0 Å². The highest BCUT2D eigenvalue weighted by molar-refractivity contribution is 6.01. The Morgan fingerprint density at radius 2 is 2.14 bits per heavy atom. The van der Waals surface area contributed by atoms with Crippen LogP contribution in [-0.4, -0.2) is 49.5 Å². The highest BCUT2D eigenvalue weighted by atomic mass is 16.6. The molecule has 120 valence electrons. The Labute approximate surface area is 131 Å². The number of ether oxygens (including phenoxy) is 1. The zero-order valence-corrected chi connectivity index (χ0v) is 13.5. The van der Waals surface area contributed by atoms with Crippen LogP contribution in [0.25, 0.3) is 0 Å². The summed E-state index contributed by atoms with van der Waals surface area (Å²) in [6, 6.07) is 7.72. The fourth-order valence-corrected chi connectivity index (χ4v) is 2.23. The Balaban J connectivity index is 1.87. The molecule has 0 aromatic heterocycles. The lowest BCUT2D eigenvalue weighted by Gasteiger charge is -2.21. The number of urea groups is 1. The molecule has 0 fully saturated rings. The molecule has 6 heteroatoms. The molecule has 0 radical (unpaired) electrons. The predicted molar refractivity (Wildman–Crippen MR) is 85.3 cm³/mol. The van der Waals surface area contributed by atoms with Gasteiger partial charge < -0.3 is 19.8 Å². The van der Waals surface area contributed by atoms with Crippen LogP contribution in [0.15, 0.2) is 29.4 Å². The van der Waals surface area contributed by atoms with Gasteiger partial charge in [0.1, 0.15) is 5.75 Å². The van der Waals surface area contributed by atoms with Crippen molar-refractivity contribution in [3.05, 3.63) is 29.8 Å². The van der Waals surface area contributed by atoms with Crippen LogP contribution in [0.5, 0.6) is 5.75 Å². The summed E-state index contributed by atoms with van der Waals surface area (Å²) in [5.41, 5.74) is 1.91. The maximum Gasteiger partial charge on any atom is 0.317 e. The molecule has 1 aromatic carbocycles. The largest absolute Gasteiger partial charge is 0.497 e. The highest BCUT2D eigenvalue weighted by Gasteiger charge is 2.25. The maximum atomic E-state index is 11.9. The number of carbonyl (C=O) groups is 1. The number of hydrogen-bond acceptors (Lipinski definition) is 4. The molecule has 1 aromatic rings. The van der Waals surface area contributed by atoms with Crippen molar-refractivity contribution in [2.75, 3.05) is 20.7 Å². The average molecular weight is 305 g/mol. The number of nitrogens with zero attached hydrogens (tertiary/aromatic N) is 2. The van der Waals surface area contributed by atoms with Gasteiger partial charge in [-0.3, -0.25) is 0 Å². The van der Waals surface area contributed by atoms with E-state index in [9.17, 15) is 4.79 Å². The first-order valence-electron chi connectivity index (χ1n) is 7.38. The number of amides is 2. The van der Waals surface area contributed by atoms with Crippen molar-refractivity contribution in [1.29, 1.82) is 0 Å². The number of rotatable bonds is 5. The van der Waals surface area contributed by atoms with Crippen molar-refractivity contribution < 1.29 is 14.4 Å². The third-order valence-electron chi connectivity index (χ3n) is 3.39. The van der Waals surface area contributed by atoms with Crippen molar-refractivity contribution in [3.63, 3.8) is 0 Å². The average Bonchev–Trinajstić information content (AvgIpc) is 2.95. The van der Waals surface area contributed by atoms with Crippen LogP contribution >= 0.6 is 0 Å². The molecule has 0 spiro atoms. The van der Waals surface area contributed by atoms with Crippen LogP contribution in [0.1, 0.15) is 25.8 Å². The second-order valence-corrected chi connectivity index (χ2v) is 5.68. The highest BCUT2D eigenvalue weighted by Crippen LogP contribution is 2.19. The smallest absolute Gasteiger partial charge is 0.317 e. The van der Waals surface area contributed by atoms with Crippen molar-refractivity contribution in [2.24, 2.45) is 5.16 Å². The summed E-state index contributed by atoms with van der Waals surface area (Å²) < 4.78 is 5.14. The number of benzene rings is 1. The molecule has 0 aliphatic carbocycles. The number of nitrogens with one attached hydrogen (secondary N) is 1. The summed E-state index contributed by atoms with van der Waals surface area (Å²) >= 11 is 0. The molecule has 0 bridgehead atoms. The molecule has 1 aliphatic heterocycles. The Morgan fingerprint density at radius 1 is 1.45 bits per heavy atom. The van der Waals surface area contributed by atoms with Crippen LogP contribution in [-0.2, 0) is 4.84 Å².